The number of hydrogen-bond acceptors (Lipinski definition) is 7. The smallest absolute Gasteiger partial charge is 0.257 e. The molecule has 146 valence electrons. The van der Waals surface area contributed by atoms with Crippen molar-refractivity contribution in [3.05, 3.63) is 59.9 Å². The molecular weight excluding hydrogens is 370 g/mol. The molecule has 0 fully saturated rings. The van der Waals surface area contributed by atoms with Crippen LogP contribution < -0.4 is 11.1 Å². The van der Waals surface area contributed by atoms with Gasteiger partial charge in [0.05, 0.1) is 29.5 Å². The number of amides is 1. The van der Waals surface area contributed by atoms with E-state index in [0.29, 0.717) is 41.0 Å². The van der Waals surface area contributed by atoms with E-state index in [-0.39, 0.29) is 17.3 Å². The van der Waals surface area contributed by atoms with Gasteiger partial charge in [-0.3, -0.25) is 9.78 Å². The van der Waals surface area contributed by atoms with Crippen molar-refractivity contribution < 1.29 is 9.53 Å². The number of nitrogens with zero attached hydrogens (tertiary/aromatic N) is 5. The van der Waals surface area contributed by atoms with Crippen LogP contribution >= 0.6 is 0 Å². The van der Waals surface area contributed by atoms with Crippen molar-refractivity contribution in [2.45, 2.75) is 0 Å². The van der Waals surface area contributed by atoms with Crippen LogP contribution in [0.4, 0.5) is 5.82 Å². The summed E-state index contributed by atoms with van der Waals surface area (Å²) in [4.78, 5) is 26.2. The molecular formula is C20H19N7O2. The van der Waals surface area contributed by atoms with E-state index in [4.69, 9.17) is 10.5 Å². The van der Waals surface area contributed by atoms with E-state index in [9.17, 15) is 4.79 Å². The summed E-state index contributed by atoms with van der Waals surface area (Å²) >= 11 is 0. The predicted octanol–water partition coefficient (Wildman–Crippen LogP) is 1.82. The van der Waals surface area contributed by atoms with Gasteiger partial charge in [-0.15, -0.1) is 0 Å². The number of nitrogens with two attached hydrogens (primary N) is 1. The normalized spacial score (nSPS) is 11.5. The van der Waals surface area contributed by atoms with Gasteiger partial charge in [0.15, 0.2) is 5.65 Å². The number of fused-ring (bicyclic) bond motifs is 2. The van der Waals surface area contributed by atoms with Crippen LogP contribution in [-0.4, -0.2) is 52.0 Å². The molecule has 29 heavy (non-hydrogen) atoms. The molecule has 1 amide bonds. The van der Waals surface area contributed by atoms with Gasteiger partial charge >= 0.3 is 0 Å². The quantitative estimate of drug-likeness (QED) is 0.383. The Morgan fingerprint density at radius 3 is 2.69 bits per heavy atom. The summed E-state index contributed by atoms with van der Waals surface area (Å²) in [6, 6.07) is 12.9. The maximum atomic E-state index is 12.8. The number of nitrogen functional groups attached to an aromatic ring is 1. The molecule has 1 aromatic carbocycles. The number of hydrogen-bond donors (Lipinski definition) is 2. The van der Waals surface area contributed by atoms with Gasteiger partial charge in [0.2, 0.25) is 0 Å². The van der Waals surface area contributed by atoms with Crippen LogP contribution in [0.5, 0.6) is 0 Å². The summed E-state index contributed by atoms with van der Waals surface area (Å²) in [5.41, 5.74) is 9.30. The highest BCUT2D eigenvalue weighted by Crippen LogP contribution is 2.27. The zero-order chi connectivity index (χ0) is 20.2. The lowest BCUT2D eigenvalue weighted by Gasteiger charge is -2.04. The minimum absolute atomic E-state index is 0.150. The number of para-hydroxylation sites is 2. The summed E-state index contributed by atoms with van der Waals surface area (Å²) in [5.74, 6) is -0.210. The maximum Gasteiger partial charge on any atom is 0.257 e. The van der Waals surface area contributed by atoms with Crippen molar-refractivity contribution in [2.24, 2.45) is 5.10 Å². The van der Waals surface area contributed by atoms with Gasteiger partial charge in [0, 0.05) is 19.9 Å². The monoisotopic (exact) mass is 389 g/mol. The van der Waals surface area contributed by atoms with Gasteiger partial charge in [-0.1, -0.05) is 18.2 Å². The van der Waals surface area contributed by atoms with Crippen molar-refractivity contribution in [2.75, 3.05) is 26.0 Å². The Hall–Kier alpha value is -3.85. The molecule has 0 spiro atoms. The SMILES string of the molecule is COCCNC(=O)c1c(N)n(N=Cc2ccccn2)c2nc3ccccc3nc12. The van der Waals surface area contributed by atoms with Crippen molar-refractivity contribution in [1.82, 2.24) is 24.9 Å². The first-order valence-corrected chi connectivity index (χ1v) is 8.98. The zero-order valence-corrected chi connectivity index (χ0v) is 15.7. The highest BCUT2D eigenvalue weighted by atomic mass is 16.5. The highest BCUT2D eigenvalue weighted by Gasteiger charge is 2.23. The zero-order valence-electron chi connectivity index (χ0n) is 15.7. The Bertz CT molecular complexity index is 1200. The second-order valence-electron chi connectivity index (χ2n) is 6.20. The number of pyridine rings is 1. The highest BCUT2D eigenvalue weighted by molar-refractivity contribution is 6.10. The van der Waals surface area contributed by atoms with Gasteiger partial charge in [-0.2, -0.15) is 9.78 Å². The van der Waals surface area contributed by atoms with Gasteiger partial charge in [0.1, 0.15) is 16.9 Å². The number of nitrogens with one attached hydrogen (secondary N) is 1. The predicted molar refractivity (Wildman–Crippen MR) is 111 cm³/mol. The summed E-state index contributed by atoms with van der Waals surface area (Å²) in [7, 11) is 1.57. The van der Waals surface area contributed by atoms with E-state index < -0.39 is 0 Å². The first kappa shape index (κ1) is 18.5. The molecule has 9 heteroatoms. The number of methoxy groups -OCH3 is 1. The van der Waals surface area contributed by atoms with Gasteiger partial charge < -0.3 is 15.8 Å². The molecule has 4 aromatic rings. The number of carbonyl (C=O) groups excluding carboxylic acids is 1. The number of aromatic nitrogens is 4. The van der Waals surface area contributed by atoms with Gasteiger partial charge in [-0.25, -0.2) is 9.97 Å². The van der Waals surface area contributed by atoms with E-state index in [1.54, 1.807) is 19.5 Å². The first-order valence-electron chi connectivity index (χ1n) is 8.98. The number of benzene rings is 1. The minimum Gasteiger partial charge on any atom is -0.383 e. The number of ether oxygens (including phenoxy) is 1. The second kappa shape index (κ2) is 8.03. The Labute approximate surface area is 166 Å². The lowest BCUT2D eigenvalue weighted by Crippen LogP contribution is -2.27. The van der Waals surface area contributed by atoms with Crippen molar-refractivity contribution in [3.63, 3.8) is 0 Å². The van der Waals surface area contributed by atoms with Crippen LogP contribution in [0.3, 0.4) is 0 Å². The molecule has 4 rings (SSSR count). The molecule has 3 aromatic heterocycles. The molecule has 0 aliphatic heterocycles. The van der Waals surface area contributed by atoms with Crippen molar-refractivity contribution in [3.8, 4) is 0 Å². The average molecular weight is 389 g/mol. The Balaban J connectivity index is 1.87. The fraction of sp³-hybridized carbons (Fsp3) is 0.150. The van der Waals surface area contributed by atoms with Crippen LogP contribution in [0.1, 0.15) is 16.1 Å². The van der Waals surface area contributed by atoms with Crippen LogP contribution in [0.25, 0.3) is 22.2 Å². The molecule has 3 heterocycles. The van der Waals surface area contributed by atoms with Gasteiger partial charge in [0.25, 0.3) is 5.91 Å². The Kier molecular flexibility index (Phi) is 5.12. The minimum atomic E-state index is -0.360. The molecule has 0 aliphatic rings. The van der Waals surface area contributed by atoms with E-state index in [1.165, 1.54) is 4.68 Å². The lowest BCUT2D eigenvalue weighted by atomic mass is 10.2. The van der Waals surface area contributed by atoms with Gasteiger partial charge in [-0.05, 0) is 24.3 Å². The molecule has 9 nitrogen and oxygen atoms in total. The molecule has 0 radical (unpaired) electrons. The van der Waals surface area contributed by atoms with E-state index in [2.05, 4.69) is 25.4 Å². The summed E-state index contributed by atoms with van der Waals surface area (Å²) < 4.78 is 6.40. The summed E-state index contributed by atoms with van der Waals surface area (Å²) in [5, 5.41) is 7.19. The molecule has 3 N–H and O–H groups in total. The lowest BCUT2D eigenvalue weighted by molar-refractivity contribution is 0.0939. The van der Waals surface area contributed by atoms with E-state index in [1.807, 2.05) is 42.5 Å². The molecule has 0 atom stereocenters. The molecule has 0 saturated carbocycles. The first-order chi connectivity index (χ1) is 14.2. The van der Waals surface area contributed by atoms with Crippen LogP contribution in [0.15, 0.2) is 53.8 Å². The Morgan fingerprint density at radius 1 is 1.21 bits per heavy atom. The fourth-order valence-electron chi connectivity index (χ4n) is 2.91. The molecule has 0 unspecified atom stereocenters. The van der Waals surface area contributed by atoms with Crippen LogP contribution in [0.2, 0.25) is 0 Å². The van der Waals surface area contributed by atoms with Crippen LogP contribution in [0, 0.1) is 0 Å². The van der Waals surface area contributed by atoms with E-state index >= 15 is 0 Å². The molecule has 0 bridgehead atoms. The van der Waals surface area contributed by atoms with E-state index in [0.717, 1.165) is 0 Å². The number of anilines is 1. The van der Waals surface area contributed by atoms with Crippen LogP contribution in [-0.2, 0) is 4.74 Å². The third kappa shape index (κ3) is 3.63. The number of carbonyl (C=O) groups is 1. The van der Waals surface area contributed by atoms with Crippen molar-refractivity contribution in [1.29, 1.82) is 0 Å². The summed E-state index contributed by atoms with van der Waals surface area (Å²) in [6.45, 7) is 0.733. The molecule has 0 aliphatic carbocycles. The second-order valence-corrected chi connectivity index (χ2v) is 6.20. The third-order valence-electron chi connectivity index (χ3n) is 4.29. The summed E-state index contributed by atoms with van der Waals surface area (Å²) in [6.07, 6.45) is 3.22. The standard InChI is InChI=1S/C20H19N7O2/c1-29-11-10-23-20(28)16-17-19(26-15-8-3-2-7-14(15)25-17)27(18(16)21)24-12-13-6-4-5-9-22-13/h2-9,12H,10-11,21H2,1H3,(H,23,28). The third-order valence-corrected chi connectivity index (χ3v) is 4.29. The number of rotatable bonds is 6. The fourth-order valence-corrected chi connectivity index (χ4v) is 2.91. The Morgan fingerprint density at radius 2 is 1.97 bits per heavy atom. The average Bonchev–Trinajstić information content (AvgIpc) is 3.01. The topological polar surface area (TPSA) is 120 Å². The largest absolute Gasteiger partial charge is 0.383 e. The molecule has 0 saturated heterocycles. The van der Waals surface area contributed by atoms with Crippen molar-refractivity contribution >= 4 is 40.1 Å². The maximum absolute atomic E-state index is 12.8.